The van der Waals surface area contributed by atoms with Crippen molar-refractivity contribution in [3.8, 4) is 5.69 Å². The monoisotopic (exact) mass is 391 g/mol. The van der Waals surface area contributed by atoms with Crippen LogP contribution in [0, 0.1) is 5.82 Å². The van der Waals surface area contributed by atoms with Crippen LogP contribution < -0.4 is 5.32 Å². The maximum Gasteiger partial charge on any atom is 0.434 e. The molecule has 0 aliphatic heterocycles. The number of para-hydroxylation sites is 2. The number of hydrogen-bond acceptors (Lipinski definition) is 3. The van der Waals surface area contributed by atoms with Gasteiger partial charge >= 0.3 is 6.18 Å². The molecule has 144 valence electrons. The number of rotatable bonds is 4. The molecule has 5 nitrogen and oxygen atoms in total. The molecule has 0 saturated carbocycles. The molecule has 1 amide bonds. The van der Waals surface area contributed by atoms with Gasteiger partial charge in [-0.15, -0.1) is 0 Å². The van der Waals surface area contributed by atoms with Crippen molar-refractivity contribution in [2.45, 2.75) is 13.1 Å². The Balaban J connectivity index is 2.07. The average Bonchev–Trinajstić information content (AvgIpc) is 3.08. The number of Topliss-reactive ketones (excluding diaryl/α,β-unsaturated/α-hetero) is 1. The molecule has 28 heavy (non-hydrogen) atoms. The van der Waals surface area contributed by atoms with Crippen LogP contribution in [0.25, 0.3) is 5.69 Å². The Morgan fingerprint density at radius 2 is 1.64 bits per heavy atom. The third-order valence-electron chi connectivity index (χ3n) is 3.92. The van der Waals surface area contributed by atoms with Crippen molar-refractivity contribution >= 4 is 17.4 Å². The van der Waals surface area contributed by atoms with Crippen molar-refractivity contribution in [3.63, 3.8) is 0 Å². The highest BCUT2D eigenvalue weighted by atomic mass is 19.4. The Morgan fingerprint density at radius 3 is 2.29 bits per heavy atom. The van der Waals surface area contributed by atoms with Crippen LogP contribution in [0.1, 0.15) is 33.3 Å². The summed E-state index contributed by atoms with van der Waals surface area (Å²) < 4.78 is 55.3. The summed E-state index contributed by atoms with van der Waals surface area (Å²) in [7, 11) is 0. The van der Waals surface area contributed by atoms with Crippen LogP contribution in [0.3, 0.4) is 0 Å². The van der Waals surface area contributed by atoms with Gasteiger partial charge in [0.1, 0.15) is 11.5 Å². The minimum Gasteiger partial charge on any atom is -0.321 e. The molecular weight excluding hydrogens is 378 g/mol. The van der Waals surface area contributed by atoms with E-state index in [2.05, 4.69) is 10.4 Å². The number of halogens is 4. The number of ketones is 1. The molecule has 0 aliphatic carbocycles. The Kier molecular flexibility index (Phi) is 5.00. The lowest BCUT2D eigenvalue weighted by Crippen LogP contribution is -2.21. The number of alkyl halides is 3. The van der Waals surface area contributed by atoms with Crippen LogP contribution >= 0.6 is 0 Å². The lowest BCUT2D eigenvalue weighted by molar-refractivity contribution is -0.143. The van der Waals surface area contributed by atoms with Gasteiger partial charge in [-0.1, -0.05) is 24.3 Å². The number of carbonyl (C=O) groups excluding carboxylic acids is 2. The molecule has 3 aromatic rings. The van der Waals surface area contributed by atoms with Crippen molar-refractivity contribution in [1.82, 2.24) is 9.78 Å². The largest absolute Gasteiger partial charge is 0.434 e. The summed E-state index contributed by atoms with van der Waals surface area (Å²) in [5, 5.41) is 5.86. The summed E-state index contributed by atoms with van der Waals surface area (Å²) in [4.78, 5) is 24.2. The van der Waals surface area contributed by atoms with Gasteiger partial charge < -0.3 is 5.32 Å². The van der Waals surface area contributed by atoms with Crippen LogP contribution in [-0.4, -0.2) is 21.5 Å². The van der Waals surface area contributed by atoms with Gasteiger partial charge in [-0.2, -0.15) is 18.3 Å². The summed E-state index contributed by atoms with van der Waals surface area (Å²) in [6, 6.07) is 10.7. The Morgan fingerprint density at radius 1 is 1.00 bits per heavy atom. The number of amides is 1. The Labute approximate surface area is 156 Å². The summed E-state index contributed by atoms with van der Waals surface area (Å²) in [6.07, 6.45) is -4.27. The highest BCUT2D eigenvalue weighted by Gasteiger charge is 2.41. The first-order valence-electron chi connectivity index (χ1n) is 8.01. The van der Waals surface area contributed by atoms with Crippen LogP contribution in [-0.2, 0) is 6.18 Å². The molecule has 0 spiro atoms. The topological polar surface area (TPSA) is 64.0 Å². The zero-order valence-electron chi connectivity index (χ0n) is 14.4. The van der Waals surface area contributed by atoms with Crippen molar-refractivity contribution < 1.29 is 27.2 Å². The minimum absolute atomic E-state index is 0.0618. The lowest BCUT2D eigenvalue weighted by atomic mass is 10.1. The highest BCUT2D eigenvalue weighted by Crippen LogP contribution is 2.34. The van der Waals surface area contributed by atoms with E-state index >= 15 is 0 Å². The van der Waals surface area contributed by atoms with Gasteiger partial charge in [0.25, 0.3) is 5.91 Å². The maximum absolute atomic E-state index is 14.0. The maximum atomic E-state index is 14.0. The fourth-order valence-corrected chi connectivity index (χ4v) is 2.68. The van der Waals surface area contributed by atoms with Gasteiger partial charge in [0.05, 0.1) is 17.4 Å². The standard InChI is InChI=1S/C19H13F4N3O2/c1-11(27)12-6-2-4-8-15(12)25-18(28)13-10-24-26(17(13)19(21,22)23)16-9-5-3-7-14(16)20/h2-10H,1H3,(H,25,28). The molecule has 0 fully saturated rings. The van der Waals surface area contributed by atoms with E-state index in [1.165, 1.54) is 37.3 Å². The smallest absolute Gasteiger partial charge is 0.321 e. The number of nitrogens with zero attached hydrogens (tertiary/aromatic N) is 2. The van der Waals surface area contributed by atoms with Gasteiger partial charge in [-0.05, 0) is 31.2 Å². The minimum atomic E-state index is -4.98. The molecule has 9 heteroatoms. The second-order valence-electron chi connectivity index (χ2n) is 5.82. The van der Waals surface area contributed by atoms with Gasteiger partial charge in [0, 0.05) is 5.56 Å². The van der Waals surface area contributed by atoms with Gasteiger partial charge in [0.15, 0.2) is 11.5 Å². The average molecular weight is 391 g/mol. The third-order valence-corrected chi connectivity index (χ3v) is 3.92. The summed E-state index contributed by atoms with van der Waals surface area (Å²) in [6.45, 7) is 1.27. The second-order valence-corrected chi connectivity index (χ2v) is 5.82. The summed E-state index contributed by atoms with van der Waals surface area (Å²) >= 11 is 0. The van der Waals surface area contributed by atoms with Crippen LogP contribution in [0.2, 0.25) is 0 Å². The molecule has 2 aromatic carbocycles. The van der Waals surface area contributed by atoms with Crippen LogP contribution in [0.4, 0.5) is 23.2 Å². The fourth-order valence-electron chi connectivity index (χ4n) is 2.68. The first kappa shape index (κ1) is 19.3. The second kappa shape index (κ2) is 7.26. The number of hydrogen-bond donors (Lipinski definition) is 1. The van der Waals surface area contributed by atoms with Crippen molar-refractivity contribution in [2.75, 3.05) is 5.32 Å². The fraction of sp³-hybridized carbons (Fsp3) is 0.105. The van der Waals surface area contributed by atoms with Crippen LogP contribution in [0.15, 0.2) is 54.7 Å². The van der Waals surface area contributed by atoms with E-state index in [0.717, 1.165) is 12.1 Å². The molecule has 0 bridgehead atoms. The van der Waals surface area contributed by atoms with E-state index in [1.54, 1.807) is 6.07 Å². The molecule has 1 aromatic heterocycles. The number of carbonyl (C=O) groups is 2. The molecule has 3 rings (SSSR count). The predicted octanol–water partition coefficient (Wildman–Crippen LogP) is 4.49. The van der Waals surface area contributed by atoms with E-state index < -0.39 is 34.8 Å². The zero-order chi connectivity index (χ0) is 20.5. The quantitative estimate of drug-likeness (QED) is 0.527. The number of nitrogens with one attached hydrogen (secondary N) is 1. The van der Waals surface area contributed by atoms with Gasteiger partial charge in [0.2, 0.25) is 0 Å². The Bertz CT molecular complexity index is 1060. The Hall–Kier alpha value is -3.49. The highest BCUT2D eigenvalue weighted by molar-refractivity contribution is 6.09. The van der Waals surface area contributed by atoms with E-state index in [4.69, 9.17) is 0 Å². The molecular formula is C19H13F4N3O2. The number of anilines is 1. The normalized spacial score (nSPS) is 11.3. The molecule has 0 radical (unpaired) electrons. The molecule has 1 heterocycles. The van der Waals surface area contributed by atoms with Gasteiger partial charge in [-0.25, -0.2) is 9.07 Å². The molecule has 0 atom stereocenters. The predicted molar refractivity (Wildman–Crippen MR) is 92.9 cm³/mol. The molecule has 1 N–H and O–H groups in total. The van der Waals surface area contributed by atoms with Crippen molar-refractivity contribution in [1.29, 1.82) is 0 Å². The number of aromatic nitrogens is 2. The van der Waals surface area contributed by atoms with E-state index in [0.29, 0.717) is 10.9 Å². The van der Waals surface area contributed by atoms with Gasteiger partial charge in [-0.3, -0.25) is 9.59 Å². The first-order valence-corrected chi connectivity index (χ1v) is 8.01. The van der Waals surface area contributed by atoms with Crippen molar-refractivity contribution in [2.24, 2.45) is 0 Å². The molecule has 0 unspecified atom stereocenters. The lowest BCUT2D eigenvalue weighted by Gasteiger charge is -2.14. The summed E-state index contributed by atoms with van der Waals surface area (Å²) in [5.74, 6) is -2.41. The van der Waals surface area contributed by atoms with E-state index in [-0.39, 0.29) is 17.0 Å². The zero-order valence-corrected chi connectivity index (χ0v) is 14.4. The molecule has 0 saturated heterocycles. The van der Waals surface area contributed by atoms with Crippen LogP contribution in [0.5, 0.6) is 0 Å². The summed E-state index contributed by atoms with van der Waals surface area (Å²) in [5.41, 5.74) is -2.46. The third kappa shape index (κ3) is 3.64. The van der Waals surface area contributed by atoms with E-state index in [9.17, 15) is 27.2 Å². The first-order chi connectivity index (χ1) is 13.2. The van der Waals surface area contributed by atoms with Crippen molar-refractivity contribution in [3.05, 3.63) is 77.4 Å². The van der Waals surface area contributed by atoms with E-state index in [1.807, 2.05) is 0 Å². The number of benzene rings is 2. The molecule has 0 aliphatic rings. The SMILES string of the molecule is CC(=O)c1ccccc1NC(=O)c1cnn(-c2ccccc2F)c1C(F)(F)F.